The van der Waals surface area contributed by atoms with Gasteiger partial charge in [0, 0.05) is 9.61 Å². The predicted octanol–water partition coefficient (Wildman–Crippen LogP) is 3.10. The van der Waals surface area contributed by atoms with Crippen LogP contribution in [0.3, 0.4) is 0 Å². The molecule has 0 spiro atoms. The molecule has 1 heterocycles. The maximum Gasteiger partial charge on any atom is 0.0804 e. The van der Waals surface area contributed by atoms with Crippen molar-refractivity contribution in [3.63, 3.8) is 0 Å². The molecule has 0 aromatic heterocycles. The normalized spacial score (nSPS) is 26.8. The predicted molar refractivity (Wildman–Crippen MR) is 78.9 cm³/mol. The molecule has 17 heavy (non-hydrogen) atoms. The van der Waals surface area contributed by atoms with Crippen molar-refractivity contribution in [3.05, 3.63) is 33.4 Å². The highest BCUT2D eigenvalue weighted by Crippen LogP contribution is 2.24. The van der Waals surface area contributed by atoms with Gasteiger partial charge in [-0.2, -0.15) is 0 Å². The number of benzene rings is 1. The van der Waals surface area contributed by atoms with Gasteiger partial charge in [-0.1, -0.05) is 19.1 Å². The molecule has 2 rings (SSSR count). The van der Waals surface area contributed by atoms with E-state index in [4.69, 9.17) is 0 Å². The third kappa shape index (κ3) is 3.93. The standard InChI is InChI=1S/C14H20INO/c1-10-6-7-16-13(8-10)9-14(17)11-2-4-12(15)5-3-11/h2-5,10,13-14,16-17H,6-9H2,1H3. The van der Waals surface area contributed by atoms with E-state index in [1.165, 1.54) is 16.4 Å². The van der Waals surface area contributed by atoms with Crippen LogP contribution in [0.15, 0.2) is 24.3 Å². The van der Waals surface area contributed by atoms with E-state index in [0.717, 1.165) is 24.4 Å². The van der Waals surface area contributed by atoms with E-state index >= 15 is 0 Å². The number of piperidine rings is 1. The first-order valence-electron chi connectivity index (χ1n) is 6.32. The molecule has 0 amide bonds. The Hall–Kier alpha value is -0.130. The second-order valence-electron chi connectivity index (χ2n) is 5.08. The Balaban J connectivity index is 1.91. The van der Waals surface area contributed by atoms with Crippen molar-refractivity contribution in [1.82, 2.24) is 5.32 Å². The Bertz CT molecular complexity index is 352. The van der Waals surface area contributed by atoms with Crippen LogP contribution in [-0.2, 0) is 0 Å². The maximum absolute atomic E-state index is 10.2. The van der Waals surface area contributed by atoms with E-state index in [1.54, 1.807) is 0 Å². The number of rotatable bonds is 3. The monoisotopic (exact) mass is 345 g/mol. The molecule has 1 saturated heterocycles. The van der Waals surface area contributed by atoms with Gasteiger partial charge >= 0.3 is 0 Å². The fourth-order valence-electron chi connectivity index (χ4n) is 2.49. The lowest BCUT2D eigenvalue weighted by Gasteiger charge is -2.29. The molecule has 0 bridgehead atoms. The number of aliphatic hydroxyl groups excluding tert-OH is 1. The van der Waals surface area contributed by atoms with Gasteiger partial charge in [0.25, 0.3) is 0 Å². The minimum atomic E-state index is -0.338. The zero-order valence-electron chi connectivity index (χ0n) is 10.2. The number of hydrogen-bond acceptors (Lipinski definition) is 2. The minimum absolute atomic E-state index is 0.338. The largest absolute Gasteiger partial charge is 0.388 e. The van der Waals surface area contributed by atoms with Crippen molar-refractivity contribution in [1.29, 1.82) is 0 Å². The number of halogens is 1. The van der Waals surface area contributed by atoms with E-state index in [2.05, 4.69) is 47.0 Å². The highest BCUT2D eigenvalue weighted by molar-refractivity contribution is 14.1. The van der Waals surface area contributed by atoms with E-state index in [9.17, 15) is 5.11 Å². The number of hydrogen-bond donors (Lipinski definition) is 2. The molecule has 1 aliphatic heterocycles. The zero-order chi connectivity index (χ0) is 12.3. The quantitative estimate of drug-likeness (QED) is 0.826. The summed E-state index contributed by atoms with van der Waals surface area (Å²) in [6, 6.07) is 8.62. The molecule has 0 aliphatic carbocycles. The van der Waals surface area contributed by atoms with Gasteiger partial charge in [-0.3, -0.25) is 0 Å². The lowest BCUT2D eigenvalue weighted by molar-refractivity contribution is 0.138. The molecule has 3 atom stereocenters. The second-order valence-corrected chi connectivity index (χ2v) is 6.33. The molecule has 1 fully saturated rings. The highest BCUT2D eigenvalue weighted by Gasteiger charge is 2.21. The Labute approximate surface area is 117 Å². The first kappa shape index (κ1) is 13.3. The molecular formula is C14H20INO. The molecule has 1 aromatic carbocycles. The minimum Gasteiger partial charge on any atom is -0.388 e. The first-order chi connectivity index (χ1) is 8.15. The van der Waals surface area contributed by atoms with Gasteiger partial charge in [0.2, 0.25) is 0 Å². The summed E-state index contributed by atoms with van der Waals surface area (Å²) in [6.07, 6.45) is 2.93. The van der Waals surface area contributed by atoms with Crippen molar-refractivity contribution < 1.29 is 5.11 Å². The van der Waals surface area contributed by atoms with Crippen LogP contribution in [0, 0.1) is 9.49 Å². The molecular weight excluding hydrogens is 325 g/mol. The van der Waals surface area contributed by atoms with Crippen LogP contribution in [0.2, 0.25) is 0 Å². The van der Waals surface area contributed by atoms with Crippen LogP contribution >= 0.6 is 22.6 Å². The summed E-state index contributed by atoms with van der Waals surface area (Å²) in [5.41, 5.74) is 1.03. The van der Waals surface area contributed by atoms with Crippen LogP contribution in [0.25, 0.3) is 0 Å². The molecule has 2 N–H and O–H groups in total. The van der Waals surface area contributed by atoms with Crippen molar-refractivity contribution in [2.75, 3.05) is 6.54 Å². The van der Waals surface area contributed by atoms with Gasteiger partial charge in [0.15, 0.2) is 0 Å². The van der Waals surface area contributed by atoms with Crippen molar-refractivity contribution in [2.24, 2.45) is 5.92 Å². The fourth-order valence-corrected chi connectivity index (χ4v) is 2.85. The molecule has 3 heteroatoms. The number of nitrogens with one attached hydrogen (secondary N) is 1. The average molecular weight is 345 g/mol. The summed E-state index contributed by atoms with van der Waals surface area (Å²) in [6.45, 7) is 3.39. The molecule has 0 radical (unpaired) electrons. The summed E-state index contributed by atoms with van der Waals surface area (Å²) in [5, 5.41) is 13.7. The van der Waals surface area contributed by atoms with Crippen molar-refractivity contribution in [2.45, 2.75) is 38.3 Å². The molecule has 3 unspecified atom stereocenters. The molecule has 94 valence electrons. The smallest absolute Gasteiger partial charge is 0.0804 e. The Morgan fingerprint density at radius 2 is 2.12 bits per heavy atom. The van der Waals surface area contributed by atoms with Gasteiger partial charge in [0.05, 0.1) is 6.10 Å². The number of aliphatic hydroxyl groups is 1. The Morgan fingerprint density at radius 1 is 1.41 bits per heavy atom. The van der Waals surface area contributed by atoms with Crippen LogP contribution < -0.4 is 5.32 Å². The van der Waals surface area contributed by atoms with Gasteiger partial charge in [-0.05, 0) is 72.0 Å². The second kappa shape index (κ2) is 6.16. The van der Waals surface area contributed by atoms with E-state index in [0.29, 0.717) is 6.04 Å². The molecule has 1 aliphatic rings. The topological polar surface area (TPSA) is 32.3 Å². The van der Waals surface area contributed by atoms with Gasteiger partial charge < -0.3 is 10.4 Å². The molecule has 2 nitrogen and oxygen atoms in total. The summed E-state index contributed by atoms with van der Waals surface area (Å²) in [5.74, 6) is 0.783. The summed E-state index contributed by atoms with van der Waals surface area (Å²) in [4.78, 5) is 0. The highest BCUT2D eigenvalue weighted by atomic mass is 127. The van der Waals surface area contributed by atoms with Gasteiger partial charge in [-0.25, -0.2) is 0 Å². The SMILES string of the molecule is CC1CCNC(CC(O)c2ccc(I)cc2)C1. The van der Waals surface area contributed by atoms with E-state index in [-0.39, 0.29) is 6.10 Å². The van der Waals surface area contributed by atoms with E-state index < -0.39 is 0 Å². The third-order valence-corrected chi connectivity index (χ3v) is 4.24. The van der Waals surface area contributed by atoms with Crippen molar-refractivity contribution in [3.8, 4) is 0 Å². The first-order valence-corrected chi connectivity index (χ1v) is 7.40. The average Bonchev–Trinajstić information content (AvgIpc) is 2.29. The van der Waals surface area contributed by atoms with Crippen LogP contribution in [-0.4, -0.2) is 17.7 Å². The van der Waals surface area contributed by atoms with Gasteiger partial charge in [-0.15, -0.1) is 0 Å². The molecule has 1 aromatic rings. The maximum atomic E-state index is 10.2. The van der Waals surface area contributed by atoms with Crippen LogP contribution in [0.4, 0.5) is 0 Å². The fraction of sp³-hybridized carbons (Fsp3) is 0.571. The Morgan fingerprint density at radius 3 is 2.76 bits per heavy atom. The summed E-state index contributed by atoms with van der Waals surface area (Å²) < 4.78 is 1.21. The lowest BCUT2D eigenvalue weighted by Crippen LogP contribution is -2.38. The molecule has 0 saturated carbocycles. The third-order valence-electron chi connectivity index (χ3n) is 3.52. The van der Waals surface area contributed by atoms with E-state index in [1.807, 2.05) is 12.1 Å². The van der Waals surface area contributed by atoms with Crippen molar-refractivity contribution >= 4 is 22.6 Å². The van der Waals surface area contributed by atoms with Gasteiger partial charge in [0.1, 0.15) is 0 Å². The summed E-state index contributed by atoms with van der Waals surface area (Å²) >= 11 is 2.28. The lowest BCUT2D eigenvalue weighted by atomic mass is 9.90. The zero-order valence-corrected chi connectivity index (χ0v) is 12.4. The van der Waals surface area contributed by atoms with Crippen LogP contribution in [0.1, 0.15) is 37.9 Å². The summed E-state index contributed by atoms with van der Waals surface area (Å²) in [7, 11) is 0. The van der Waals surface area contributed by atoms with Crippen LogP contribution in [0.5, 0.6) is 0 Å². The Kier molecular flexibility index (Phi) is 4.82.